The Labute approximate surface area is 125 Å². The van der Waals surface area contributed by atoms with Crippen LogP contribution in [0.5, 0.6) is 0 Å². The molecule has 21 heavy (non-hydrogen) atoms. The summed E-state index contributed by atoms with van der Waals surface area (Å²) < 4.78 is 0. The summed E-state index contributed by atoms with van der Waals surface area (Å²) in [6.45, 7) is 4.15. The molecule has 1 atom stereocenters. The zero-order valence-corrected chi connectivity index (χ0v) is 12.6. The topological polar surface area (TPSA) is 55.1 Å². The van der Waals surface area contributed by atoms with Crippen LogP contribution in [-0.2, 0) is 17.6 Å². The highest BCUT2D eigenvalue weighted by molar-refractivity contribution is 6.06. The Morgan fingerprint density at radius 1 is 1.19 bits per heavy atom. The molecule has 2 aromatic carbocycles. The lowest BCUT2D eigenvalue weighted by Crippen LogP contribution is -2.36. The van der Waals surface area contributed by atoms with Gasteiger partial charge < -0.3 is 11.1 Å². The molecule has 0 saturated carbocycles. The molecule has 0 saturated heterocycles. The number of benzene rings is 2. The van der Waals surface area contributed by atoms with Crippen LogP contribution in [0.1, 0.15) is 31.4 Å². The fourth-order valence-corrected chi connectivity index (χ4v) is 3.20. The average Bonchev–Trinajstić information content (AvgIpc) is 2.86. The molecule has 0 radical (unpaired) electrons. The number of nitrogens with one attached hydrogen (secondary N) is 1. The molecule has 3 N–H and O–H groups in total. The number of amides is 1. The number of carbonyl (C=O) groups excluding carboxylic acids is 1. The van der Waals surface area contributed by atoms with Crippen molar-refractivity contribution in [2.45, 2.75) is 39.2 Å². The Bertz CT molecular complexity index is 681. The summed E-state index contributed by atoms with van der Waals surface area (Å²) in [6, 6.07) is 10.0. The largest absolute Gasteiger partial charge is 0.324 e. The lowest BCUT2D eigenvalue weighted by molar-refractivity contribution is -0.117. The maximum atomic E-state index is 12.2. The van der Waals surface area contributed by atoms with Gasteiger partial charge in [0.05, 0.1) is 6.04 Å². The Kier molecular flexibility index (Phi) is 3.68. The average molecular weight is 282 g/mol. The van der Waals surface area contributed by atoms with Gasteiger partial charge in [-0.25, -0.2) is 0 Å². The molecule has 0 unspecified atom stereocenters. The van der Waals surface area contributed by atoms with E-state index in [1.165, 1.54) is 16.5 Å². The molecule has 110 valence electrons. The summed E-state index contributed by atoms with van der Waals surface area (Å²) in [5.74, 6) is 0.320. The molecule has 0 aromatic heterocycles. The fraction of sp³-hybridized carbons (Fsp3) is 0.389. The van der Waals surface area contributed by atoms with Crippen molar-refractivity contribution in [3.05, 3.63) is 41.5 Å². The first-order valence-corrected chi connectivity index (χ1v) is 7.66. The molecule has 0 aliphatic heterocycles. The zero-order chi connectivity index (χ0) is 15.0. The van der Waals surface area contributed by atoms with E-state index < -0.39 is 6.04 Å². The van der Waals surface area contributed by atoms with Crippen molar-refractivity contribution in [2.24, 2.45) is 11.7 Å². The van der Waals surface area contributed by atoms with E-state index in [9.17, 15) is 4.79 Å². The Balaban J connectivity index is 1.90. The molecule has 1 aliphatic carbocycles. The Hall–Kier alpha value is -1.87. The van der Waals surface area contributed by atoms with Crippen molar-refractivity contribution in [1.82, 2.24) is 0 Å². The van der Waals surface area contributed by atoms with Gasteiger partial charge in [-0.2, -0.15) is 0 Å². The van der Waals surface area contributed by atoms with Crippen molar-refractivity contribution in [3.63, 3.8) is 0 Å². The number of aryl methyl sites for hydroxylation is 2. The van der Waals surface area contributed by atoms with E-state index in [1.807, 2.05) is 6.07 Å². The van der Waals surface area contributed by atoms with Gasteiger partial charge in [0, 0.05) is 11.1 Å². The minimum atomic E-state index is -0.451. The van der Waals surface area contributed by atoms with Gasteiger partial charge in [-0.15, -0.1) is 0 Å². The smallest absolute Gasteiger partial charge is 0.241 e. The summed E-state index contributed by atoms with van der Waals surface area (Å²) in [4.78, 5) is 12.2. The molecule has 1 aliphatic rings. The summed E-state index contributed by atoms with van der Waals surface area (Å²) in [7, 11) is 0. The molecule has 1 amide bonds. The fourth-order valence-electron chi connectivity index (χ4n) is 3.20. The second kappa shape index (κ2) is 5.49. The first-order valence-electron chi connectivity index (χ1n) is 7.66. The van der Waals surface area contributed by atoms with Crippen LogP contribution in [0.2, 0.25) is 0 Å². The van der Waals surface area contributed by atoms with Gasteiger partial charge >= 0.3 is 0 Å². The highest BCUT2D eigenvalue weighted by Gasteiger charge is 2.19. The molecule has 2 aromatic rings. The van der Waals surface area contributed by atoms with Crippen LogP contribution in [-0.4, -0.2) is 11.9 Å². The van der Waals surface area contributed by atoms with Gasteiger partial charge in [-0.3, -0.25) is 4.79 Å². The van der Waals surface area contributed by atoms with Gasteiger partial charge in [0.25, 0.3) is 0 Å². The van der Waals surface area contributed by atoms with E-state index >= 15 is 0 Å². The normalized spacial score (nSPS) is 14.7. The number of rotatable bonds is 4. The third kappa shape index (κ3) is 2.66. The predicted octanol–water partition coefficient (Wildman–Crippen LogP) is 3.25. The third-order valence-electron chi connectivity index (χ3n) is 4.20. The highest BCUT2D eigenvalue weighted by atomic mass is 16.2. The number of hydrogen-bond acceptors (Lipinski definition) is 2. The second-order valence-electron chi connectivity index (χ2n) is 6.34. The van der Waals surface area contributed by atoms with Crippen LogP contribution in [0, 0.1) is 5.92 Å². The van der Waals surface area contributed by atoms with Crippen molar-refractivity contribution in [3.8, 4) is 0 Å². The number of anilines is 1. The van der Waals surface area contributed by atoms with E-state index in [0.29, 0.717) is 12.3 Å². The molecular weight excluding hydrogens is 260 g/mol. The van der Waals surface area contributed by atoms with Gasteiger partial charge in [-0.1, -0.05) is 38.1 Å². The quantitative estimate of drug-likeness (QED) is 0.904. The van der Waals surface area contributed by atoms with Crippen molar-refractivity contribution >= 4 is 22.4 Å². The first kappa shape index (κ1) is 14.1. The molecule has 0 bridgehead atoms. The van der Waals surface area contributed by atoms with Crippen LogP contribution in [0.3, 0.4) is 0 Å². The molecule has 0 spiro atoms. The maximum Gasteiger partial charge on any atom is 0.241 e. The number of hydrogen-bond donors (Lipinski definition) is 2. The predicted molar refractivity (Wildman–Crippen MR) is 87.4 cm³/mol. The van der Waals surface area contributed by atoms with Crippen molar-refractivity contribution in [1.29, 1.82) is 0 Å². The maximum absolute atomic E-state index is 12.2. The summed E-state index contributed by atoms with van der Waals surface area (Å²) in [5, 5.41) is 5.45. The highest BCUT2D eigenvalue weighted by Crippen LogP contribution is 2.35. The van der Waals surface area contributed by atoms with Gasteiger partial charge in [0.2, 0.25) is 5.91 Å². The number of carbonyl (C=O) groups is 1. The summed E-state index contributed by atoms with van der Waals surface area (Å²) >= 11 is 0. The standard InChI is InChI=1S/C18H22N2O/c1-11(2)10-15(19)18(21)20-16-9-8-13-7-6-12-4-3-5-14(16)17(12)13/h3-5,8-9,11,15H,6-7,10,19H2,1-2H3,(H,20,21)/t15-/m0/s1. The Morgan fingerprint density at radius 3 is 2.62 bits per heavy atom. The van der Waals surface area contributed by atoms with E-state index in [0.717, 1.165) is 23.9 Å². The van der Waals surface area contributed by atoms with E-state index in [4.69, 9.17) is 5.73 Å². The van der Waals surface area contributed by atoms with Crippen LogP contribution in [0.4, 0.5) is 5.69 Å². The third-order valence-corrected chi connectivity index (χ3v) is 4.20. The Morgan fingerprint density at radius 2 is 1.90 bits per heavy atom. The minimum Gasteiger partial charge on any atom is -0.324 e. The molecular formula is C18H22N2O. The van der Waals surface area contributed by atoms with Gasteiger partial charge in [-0.05, 0) is 47.8 Å². The second-order valence-corrected chi connectivity index (χ2v) is 6.34. The summed E-state index contributed by atoms with van der Waals surface area (Å²) in [5.41, 5.74) is 9.61. The van der Waals surface area contributed by atoms with Crippen LogP contribution < -0.4 is 11.1 Å². The molecule has 3 rings (SSSR count). The lowest BCUT2D eigenvalue weighted by Gasteiger charge is -2.16. The molecule has 3 heteroatoms. The van der Waals surface area contributed by atoms with E-state index in [1.54, 1.807) is 0 Å². The van der Waals surface area contributed by atoms with Crippen LogP contribution >= 0.6 is 0 Å². The first-order chi connectivity index (χ1) is 10.1. The van der Waals surface area contributed by atoms with Crippen molar-refractivity contribution in [2.75, 3.05) is 5.32 Å². The van der Waals surface area contributed by atoms with Gasteiger partial charge in [0.1, 0.15) is 0 Å². The van der Waals surface area contributed by atoms with E-state index in [-0.39, 0.29) is 5.91 Å². The van der Waals surface area contributed by atoms with Crippen LogP contribution in [0.25, 0.3) is 10.8 Å². The molecule has 3 nitrogen and oxygen atoms in total. The van der Waals surface area contributed by atoms with Crippen molar-refractivity contribution < 1.29 is 4.79 Å². The van der Waals surface area contributed by atoms with Crippen LogP contribution in [0.15, 0.2) is 30.3 Å². The van der Waals surface area contributed by atoms with Gasteiger partial charge in [0.15, 0.2) is 0 Å². The van der Waals surface area contributed by atoms with E-state index in [2.05, 4.69) is 43.4 Å². The molecule has 0 fully saturated rings. The zero-order valence-electron chi connectivity index (χ0n) is 12.6. The minimum absolute atomic E-state index is 0.0950. The summed E-state index contributed by atoms with van der Waals surface area (Å²) in [6.07, 6.45) is 2.89. The molecule has 0 heterocycles. The number of nitrogens with two attached hydrogens (primary N) is 1. The lowest BCUT2D eigenvalue weighted by atomic mass is 10.0. The SMILES string of the molecule is CC(C)C[C@H](N)C(=O)Nc1ccc2c3c(cccc13)CC2. The monoisotopic (exact) mass is 282 g/mol.